The molecule has 1 aromatic heterocycles. The molecule has 4 heteroatoms. The quantitative estimate of drug-likeness (QED) is 0.492. The van der Waals surface area contributed by atoms with Crippen LogP contribution in [0.1, 0.15) is 47.7 Å². The van der Waals surface area contributed by atoms with E-state index in [0.29, 0.717) is 11.6 Å². The van der Waals surface area contributed by atoms with Crippen LogP contribution in [-0.4, -0.2) is 10.9 Å². The number of pyridine rings is 1. The Labute approximate surface area is 112 Å². The number of fused-ring (bicyclic) bond motifs is 1. The first-order chi connectivity index (χ1) is 9.29. The zero-order chi connectivity index (χ0) is 13.2. The Morgan fingerprint density at radius 3 is 2.74 bits per heavy atom. The summed E-state index contributed by atoms with van der Waals surface area (Å²) in [4.78, 5) is 16.1. The summed E-state index contributed by atoms with van der Waals surface area (Å²) in [5.41, 5.74) is 4.67. The Morgan fingerprint density at radius 2 is 2.00 bits per heavy atom. The van der Waals surface area contributed by atoms with Crippen LogP contribution in [0, 0.1) is 0 Å². The number of nitrogens with two attached hydrogens (primary N) is 1. The fourth-order valence-corrected chi connectivity index (χ4v) is 2.97. The Morgan fingerprint density at radius 1 is 1.26 bits per heavy atom. The molecule has 1 saturated carbocycles. The minimum absolute atomic E-state index is 0.329. The van der Waals surface area contributed by atoms with Gasteiger partial charge in [-0.3, -0.25) is 10.2 Å². The maximum Gasteiger partial charge on any atom is 0.283 e. The van der Waals surface area contributed by atoms with Crippen molar-refractivity contribution in [3.63, 3.8) is 0 Å². The third kappa shape index (κ3) is 2.19. The summed E-state index contributed by atoms with van der Waals surface area (Å²) in [6.07, 6.45) is 4.91. The fourth-order valence-electron chi connectivity index (χ4n) is 2.97. The SMILES string of the molecule is NNC(=O)c1cc(C2CCCC2)c2ccccc2n1. The molecule has 3 rings (SSSR count). The average molecular weight is 255 g/mol. The van der Waals surface area contributed by atoms with Gasteiger partial charge in [0.25, 0.3) is 5.91 Å². The molecular formula is C15H17N3O. The van der Waals surface area contributed by atoms with E-state index in [2.05, 4.69) is 16.5 Å². The van der Waals surface area contributed by atoms with Crippen molar-refractivity contribution >= 4 is 16.8 Å². The largest absolute Gasteiger partial charge is 0.289 e. The zero-order valence-electron chi connectivity index (χ0n) is 10.7. The number of nitrogen functional groups attached to an aromatic ring is 1. The second kappa shape index (κ2) is 4.97. The van der Waals surface area contributed by atoms with Crippen LogP contribution >= 0.6 is 0 Å². The van der Waals surface area contributed by atoms with Crippen molar-refractivity contribution in [1.29, 1.82) is 0 Å². The summed E-state index contributed by atoms with van der Waals surface area (Å²) in [7, 11) is 0. The van der Waals surface area contributed by atoms with Gasteiger partial charge in [0, 0.05) is 5.39 Å². The van der Waals surface area contributed by atoms with Gasteiger partial charge < -0.3 is 0 Å². The maximum absolute atomic E-state index is 11.7. The highest BCUT2D eigenvalue weighted by atomic mass is 16.2. The molecule has 1 aliphatic carbocycles. The Hall–Kier alpha value is -1.94. The van der Waals surface area contributed by atoms with Crippen LogP contribution in [0.15, 0.2) is 30.3 Å². The van der Waals surface area contributed by atoms with Crippen LogP contribution in [0.5, 0.6) is 0 Å². The molecule has 0 aliphatic heterocycles. The van der Waals surface area contributed by atoms with E-state index < -0.39 is 0 Å². The van der Waals surface area contributed by atoms with Gasteiger partial charge in [0.15, 0.2) is 0 Å². The van der Waals surface area contributed by atoms with E-state index in [-0.39, 0.29) is 5.91 Å². The summed E-state index contributed by atoms with van der Waals surface area (Å²) in [6, 6.07) is 9.89. The molecular weight excluding hydrogens is 238 g/mol. The number of carbonyl (C=O) groups is 1. The Balaban J connectivity index is 2.18. The molecule has 1 aliphatic rings. The summed E-state index contributed by atoms with van der Waals surface area (Å²) < 4.78 is 0. The van der Waals surface area contributed by atoms with Crippen molar-refractivity contribution in [2.45, 2.75) is 31.6 Å². The third-order valence-electron chi connectivity index (χ3n) is 3.91. The van der Waals surface area contributed by atoms with Crippen molar-refractivity contribution in [1.82, 2.24) is 10.4 Å². The Bertz CT molecular complexity index is 618. The maximum atomic E-state index is 11.7. The molecule has 0 unspecified atom stereocenters. The zero-order valence-corrected chi connectivity index (χ0v) is 10.7. The molecule has 1 fully saturated rings. The summed E-state index contributed by atoms with van der Waals surface area (Å²) in [5, 5.41) is 1.16. The summed E-state index contributed by atoms with van der Waals surface area (Å²) >= 11 is 0. The highest BCUT2D eigenvalue weighted by Gasteiger charge is 2.21. The lowest BCUT2D eigenvalue weighted by atomic mass is 9.93. The van der Waals surface area contributed by atoms with Crippen LogP contribution in [0.25, 0.3) is 10.9 Å². The van der Waals surface area contributed by atoms with Gasteiger partial charge in [-0.25, -0.2) is 10.8 Å². The number of para-hydroxylation sites is 1. The first-order valence-corrected chi connectivity index (χ1v) is 6.70. The Kier molecular flexibility index (Phi) is 3.17. The number of benzene rings is 1. The van der Waals surface area contributed by atoms with E-state index in [4.69, 9.17) is 5.84 Å². The van der Waals surface area contributed by atoms with Crippen molar-refractivity contribution in [2.75, 3.05) is 0 Å². The number of aromatic nitrogens is 1. The van der Waals surface area contributed by atoms with Crippen molar-refractivity contribution in [3.05, 3.63) is 41.6 Å². The van der Waals surface area contributed by atoms with Gasteiger partial charge in [-0.1, -0.05) is 31.0 Å². The molecule has 0 bridgehead atoms. The number of rotatable bonds is 2. The molecule has 1 amide bonds. The lowest BCUT2D eigenvalue weighted by molar-refractivity contribution is 0.0949. The van der Waals surface area contributed by atoms with Crippen LogP contribution in [0.2, 0.25) is 0 Å². The van der Waals surface area contributed by atoms with Gasteiger partial charge in [0.2, 0.25) is 0 Å². The molecule has 19 heavy (non-hydrogen) atoms. The van der Waals surface area contributed by atoms with Crippen molar-refractivity contribution in [2.24, 2.45) is 5.84 Å². The fraction of sp³-hybridized carbons (Fsp3) is 0.333. The van der Waals surface area contributed by atoms with E-state index >= 15 is 0 Å². The summed E-state index contributed by atoms with van der Waals surface area (Å²) in [6.45, 7) is 0. The van der Waals surface area contributed by atoms with E-state index in [1.165, 1.54) is 31.2 Å². The van der Waals surface area contributed by atoms with Gasteiger partial charge in [-0.2, -0.15) is 0 Å². The number of hydrazine groups is 1. The van der Waals surface area contributed by atoms with E-state index in [9.17, 15) is 4.79 Å². The van der Waals surface area contributed by atoms with Gasteiger partial charge >= 0.3 is 0 Å². The topological polar surface area (TPSA) is 68.0 Å². The predicted molar refractivity (Wildman–Crippen MR) is 74.6 cm³/mol. The molecule has 1 heterocycles. The second-order valence-corrected chi connectivity index (χ2v) is 5.07. The molecule has 4 nitrogen and oxygen atoms in total. The van der Waals surface area contributed by atoms with Crippen LogP contribution < -0.4 is 11.3 Å². The van der Waals surface area contributed by atoms with Gasteiger partial charge in [0.05, 0.1) is 5.52 Å². The predicted octanol–water partition coefficient (Wildman–Crippen LogP) is 2.50. The van der Waals surface area contributed by atoms with E-state index in [1.807, 2.05) is 24.3 Å². The standard InChI is InChI=1S/C15H17N3O/c16-18-15(19)14-9-12(10-5-1-2-6-10)11-7-3-4-8-13(11)17-14/h3-4,7-10H,1-2,5-6,16H2,(H,18,19). The van der Waals surface area contributed by atoms with Crippen molar-refractivity contribution in [3.8, 4) is 0 Å². The number of nitrogens with zero attached hydrogens (tertiary/aromatic N) is 1. The summed E-state index contributed by atoms with van der Waals surface area (Å²) in [5.74, 6) is 5.42. The monoisotopic (exact) mass is 255 g/mol. The molecule has 0 radical (unpaired) electrons. The molecule has 0 spiro atoms. The van der Waals surface area contributed by atoms with Crippen LogP contribution in [0.3, 0.4) is 0 Å². The van der Waals surface area contributed by atoms with E-state index in [1.54, 1.807) is 0 Å². The molecule has 3 N–H and O–H groups in total. The first-order valence-electron chi connectivity index (χ1n) is 6.70. The van der Waals surface area contributed by atoms with Crippen LogP contribution in [-0.2, 0) is 0 Å². The molecule has 0 atom stereocenters. The number of hydrogen-bond acceptors (Lipinski definition) is 3. The lowest BCUT2D eigenvalue weighted by Crippen LogP contribution is -2.30. The number of carbonyl (C=O) groups excluding carboxylic acids is 1. The van der Waals surface area contributed by atoms with Crippen LogP contribution in [0.4, 0.5) is 0 Å². The highest BCUT2D eigenvalue weighted by molar-refractivity contribution is 5.95. The smallest absolute Gasteiger partial charge is 0.283 e. The molecule has 2 aromatic rings. The molecule has 0 saturated heterocycles. The number of nitrogens with one attached hydrogen (secondary N) is 1. The molecule has 1 aromatic carbocycles. The normalized spacial score (nSPS) is 15.8. The lowest BCUT2D eigenvalue weighted by Gasteiger charge is -2.14. The second-order valence-electron chi connectivity index (χ2n) is 5.07. The van der Waals surface area contributed by atoms with Gasteiger partial charge in [-0.15, -0.1) is 0 Å². The van der Waals surface area contributed by atoms with E-state index in [0.717, 1.165) is 10.9 Å². The molecule has 98 valence electrons. The average Bonchev–Trinajstić information content (AvgIpc) is 2.99. The highest BCUT2D eigenvalue weighted by Crippen LogP contribution is 2.37. The minimum Gasteiger partial charge on any atom is -0.289 e. The minimum atomic E-state index is -0.329. The van der Waals surface area contributed by atoms with Gasteiger partial charge in [-0.05, 0) is 36.5 Å². The number of amides is 1. The first kappa shape index (κ1) is 12.1. The number of hydrogen-bond donors (Lipinski definition) is 2. The van der Waals surface area contributed by atoms with Crippen molar-refractivity contribution < 1.29 is 4.79 Å². The van der Waals surface area contributed by atoms with Gasteiger partial charge in [0.1, 0.15) is 5.69 Å². The third-order valence-corrected chi connectivity index (χ3v) is 3.91.